The number of halogens is 1. The van der Waals surface area contributed by atoms with Crippen LogP contribution in [-0.2, 0) is 9.53 Å². The molecule has 0 aliphatic rings. The first-order chi connectivity index (χ1) is 9.91. The molecule has 5 heteroatoms. The number of hydrogen-bond acceptors (Lipinski definition) is 4. The maximum Gasteiger partial charge on any atom is 0.326 e. The lowest BCUT2D eigenvalue weighted by atomic mass is 9.94. The van der Waals surface area contributed by atoms with Crippen molar-refractivity contribution < 1.29 is 18.7 Å². The maximum atomic E-state index is 12.9. The molecule has 4 nitrogen and oxygen atoms in total. The Morgan fingerprint density at radius 1 is 1.33 bits per heavy atom. The molecule has 0 bridgehead atoms. The van der Waals surface area contributed by atoms with Crippen molar-refractivity contribution >= 4 is 5.97 Å². The predicted octanol–water partition coefficient (Wildman–Crippen LogP) is 2.91. The van der Waals surface area contributed by atoms with E-state index in [0.717, 1.165) is 0 Å². The largest absolute Gasteiger partial charge is 0.491 e. The lowest BCUT2D eigenvalue weighted by Crippen LogP contribution is -2.52. The smallest absolute Gasteiger partial charge is 0.326 e. The highest BCUT2D eigenvalue weighted by molar-refractivity contribution is 5.80. The summed E-state index contributed by atoms with van der Waals surface area (Å²) in [5.74, 6) is -0.0213. The second kappa shape index (κ2) is 7.98. The molecule has 21 heavy (non-hydrogen) atoms. The molecule has 0 amide bonds. The van der Waals surface area contributed by atoms with Gasteiger partial charge in [0.25, 0.3) is 0 Å². The molecular formula is C16H24FNO3. The first-order valence-electron chi connectivity index (χ1n) is 7.25. The van der Waals surface area contributed by atoms with Gasteiger partial charge in [0.05, 0.1) is 12.7 Å². The van der Waals surface area contributed by atoms with Crippen LogP contribution in [0.15, 0.2) is 24.3 Å². The summed E-state index contributed by atoms with van der Waals surface area (Å²) >= 11 is 0. The van der Waals surface area contributed by atoms with Crippen molar-refractivity contribution in [1.29, 1.82) is 0 Å². The van der Waals surface area contributed by atoms with E-state index in [1.54, 1.807) is 26.0 Å². The molecule has 0 aromatic heterocycles. The van der Waals surface area contributed by atoms with Crippen molar-refractivity contribution in [3.05, 3.63) is 30.1 Å². The lowest BCUT2D eigenvalue weighted by molar-refractivity contribution is -0.151. The highest BCUT2D eigenvalue weighted by Crippen LogP contribution is 2.20. The fourth-order valence-corrected chi connectivity index (χ4v) is 2.27. The Morgan fingerprint density at radius 3 is 2.48 bits per heavy atom. The Balaban J connectivity index is 2.69. The van der Waals surface area contributed by atoms with E-state index in [2.05, 4.69) is 5.32 Å². The van der Waals surface area contributed by atoms with Crippen molar-refractivity contribution in [2.75, 3.05) is 13.2 Å². The van der Waals surface area contributed by atoms with E-state index >= 15 is 0 Å². The van der Waals surface area contributed by atoms with Crippen LogP contribution < -0.4 is 10.1 Å². The van der Waals surface area contributed by atoms with Gasteiger partial charge in [0.1, 0.15) is 17.1 Å². The van der Waals surface area contributed by atoms with Crippen molar-refractivity contribution in [2.45, 2.75) is 45.8 Å². The average molecular weight is 297 g/mol. The molecule has 0 radical (unpaired) electrons. The maximum absolute atomic E-state index is 12.9. The fraction of sp³-hybridized carbons (Fsp3) is 0.562. The normalized spacial score (nSPS) is 15.1. The standard InChI is InChI=1S/C16H24FNO3/c1-5-18-16(4,15(19)20-6-2)11-12(3)21-14-9-7-13(17)8-10-14/h7-10,12,18H,5-6,11H2,1-4H3. The number of likely N-dealkylation sites (N-methyl/N-ethyl adjacent to an activating group) is 1. The van der Waals surface area contributed by atoms with Crippen LogP contribution in [0, 0.1) is 5.82 Å². The number of carbonyl (C=O) groups is 1. The summed E-state index contributed by atoms with van der Waals surface area (Å²) < 4.78 is 23.7. The monoisotopic (exact) mass is 297 g/mol. The molecule has 2 atom stereocenters. The number of ether oxygens (including phenoxy) is 2. The highest BCUT2D eigenvalue weighted by Gasteiger charge is 2.36. The molecule has 1 N–H and O–H groups in total. The summed E-state index contributed by atoms with van der Waals surface area (Å²) in [6, 6.07) is 5.83. The zero-order valence-corrected chi connectivity index (χ0v) is 13.1. The lowest BCUT2D eigenvalue weighted by Gasteiger charge is -2.30. The Morgan fingerprint density at radius 2 is 1.95 bits per heavy atom. The Bertz CT molecular complexity index is 449. The third-order valence-electron chi connectivity index (χ3n) is 3.14. The summed E-state index contributed by atoms with van der Waals surface area (Å²) in [6.07, 6.45) is 0.237. The molecule has 118 valence electrons. The minimum Gasteiger partial charge on any atom is -0.491 e. The van der Waals surface area contributed by atoms with Crippen LogP contribution in [0.5, 0.6) is 5.75 Å². The number of esters is 1. The van der Waals surface area contributed by atoms with E-state index in [9.17, 15) is 9.18 Å². The molecule has 0 saturated heterocycles. The van der Waals surface area contributed by atoms with E-state index in [1.165, 1.54) is 12.1 Å². The van der Waals surface area contributed by atoms with Crippen LogP contribution in [-0.4, -0.2) is 30.8 Å². The third-order valence-corrected chi connectivity index (χ3v) is 3.14. The van der Waals surface area contributed by atoms with Crippen LogP contribution >= 0.6 is 0 Å². The molecule has 0 spiro atoms. The van der Waals surface area contributed by atoms with Gasteiger partial charge in [-0.15, -0.1) is 0 Å². The zero-order valence-electron chi connectivity index (χ0n) is 13.1. The van der Waals surface area contributed by atoms with Gasteiger partial charge in [-0.3, -0.25) is 4.79 Å². The van der Waals surface area contributed by atoms with Gasteiger partial charge in [0.15, 0.2) is 0 Å². The van der Waals surface area contributed by atoms with Gasteiger partial charge < -0.3 is 14.8 Å². The van der Waals surface area contributed by atoms with Gasteiger partial charge in [-0.2, -0.15) is 0 Å². The molecule has 1 aromatic carbocycles. The first kappa shape index (κ1) is 17.4. The van der Waals surface area contributed by atoms with Gasteiger partial charge in [0, 0.05) is 6.42 Å². The minimum atomic E-state index is -0.801. The summed E-state index contributed by atoms with van der Waals surface area (Å²) in [6.45, 7) is 8.38. The number of rotatable bonds is 8. The molecule has 0 aliphatic heterocycles. The zero-order chi connectivity index (χ0) is 15.9. The average Bonchev–Trinajstić information content (AvgIpc) is 2.41. The highest BCUT2D eigenvalue weighted by atomic mass is 19.1. The molecule has 0 fully saturated rings. The van der Waals surface area contributed by atoms with Gasteiger partial charge in [-0.25, -0.2) is 4.39 Å². The second-order valence-electron chi connectivity index (χ2n) is 5.17. The number of nitrogens with one attached hydrogen (secondary N) is 1. The Kier molecular flexibility index (Phi) is 6.62. The molecule has 1 rings (SSSR count). The number of hydrogen-bond donors (Lipinski definition) is 1. The molecule has 0 aliphatic carbocycles. The molecular weight excluding hydrogens is 273 g/mol. The van der Waals surface area contributed by atoms with E-state index in [-0.39, 0.29) is 17.9 Å². The van der Waals surface area contributed by atoms with Crippen molar-refractivity contribution in [1.82, 2.24) is 5.32 Å². The van der Waals surface area contributed by atoms with Crippen LogP contribution in [0.4, 0.5) is 4.39 Å². The van der Waals surface area contributed by atoms with E-state index < -0.39 is 5.54 Å². The summed E-state index contributed by atoms with van der Waals surface area (Å²) in [5, 5.41) is 3.15. The molecule has 2 unspecified atom stereocenters. The van der Waals surface area contributed by atoms with Crippen LogP contribution in [0.2, 0.25) is 0 Å². The number of benzene rings is 1. The molecule has 1 aromatic rings. The van der Waals surface area contributed by atoms with Gasteiger partial charge in [0.2, 0.25) is 0 Å². The van der Waals surface area contributed by atoms with Gasteiger partial charge >= 0.3 is 5.97 Å². The third kappa shape index (κ3) is 5.34. The quantitative estimate of drug-likeness (QED) is 0.750. The molecule has 0 heterocycles. The first-order valence-corrected chi connectivity index (χ1v) is 7.25. The SMILES string of the molecule is CCNC(C)(CC(C)Oc1ccc(F)cc1)C(=O)OCC. The van der Waals surface area contributed by atoms with E-state index in [4.69, 9.17) is 9.47 Å². The van der Waals surface area contributed by atoms with Crippen molar-refractivity contribution in [3.63, 3.8) is 0 Å². The fourth-order valence-electron chi connectivity index (χ4n) is 2.27. The molecule has 0 saturated carbocycles. The summed E-state index contributed by atoms with van der Waals surface area (Å²) in [7, 11) is 0. The van der Waals surface area contributed by atoms with Crippen molar-refractivity contribution in [2.24, 2.45) is 0 Å². The second-order valence-corrected chi connectivity index (χ2v) is 5.17. The van der Waals surface area contributed by atoms with Crippen molar-refractivity contribution in [3.8, 4) is 5.75 Å². The number of carbonyl (C=O) groups excluding carboxylic acids is 1. The summed E-state index contributed by atoms with van der Waals surface area (Å²) in [5.41, 5.74) is -0.801. The van der Waals surface area contributed by atoms with Gasteiger partial charge in [-0.05, 0) is 51.6 Å². The van der Waals surface area contributed by atoms with E-state index in [0.29, 0.717) is 25.3 Å². The predicted molar refractivity (Wildman–Crippen MR) is 79.8 cm³/mol. The summed E-state index contributed by atoms with van der Waals surface area (Å²) in [4.78, 5) is 12.1. The Hall–Kier alpha value is -1.62. The van der Waals surface area contributed by atoms with E-state index in [1.807, 2.05) is 13.8 Å². The van der Waals surface area contributed by atoms with Gasteiger partial charge in [-0.1, -0.05) is 6.92 Å². The Labute approximate surface area is 125 Å². The van der Waals surface area contributed by atoms with Crippen LogP contribution in [0.3, 0.4) is 0 Å². The topological polar surface area (TPSA) is 47.6 Å². The minimum absolute atomic E-state index is 0.219. The van der Waals surface area contributed by atoms with Crippen LogP contribution in [0.1, 0.15) is 34.1 Å². The van der Waals surface area contributed by atoms with Crippen LogP contribution in [0.25, 0.3) is 0 Å².